The van der Waals surface area contributed by atoms with Crippen molar-refractivity contribution in [3.63, 3.8) is 0 Å². The van der Waals surface area contributed by atoms with Crippen LogP contribution in [0.5, 0.6) is 0 Å². The molecule has 2 rings (SSSR count). The maximum Gasteiger partial charge on any atom is 0.319 e. The Morgan fingerprint density at radius 2 is 1.81 bits per heavy atom. The third-order valence-electron chi connectivity index (χ3n) is 2.98. The number of aromatic nitrogens is 1. The number of rotatable bonds is 4. The van der Waals surface area contributed by atoms with Crippen molar-refractivity contribution in [1.82, 2.24) is 10.3 Å². The molecule has 6 heteroatoms. The zero-order chi connectivity index (χ0) is 15.2. The lowest BCUT2D eigenvalue weighted by molar-refractivity contribution is 0.139. The summed E-state index contributed by atoms with van der Waals surface area (Å²) in [5.41, 5.74) is 1.39. The molecule has 0 aliphatic carbocycles. The van der Waals surface area contributed by atoms with Crippen molar-refractivity contribution in [1.29, 1.82) is 0 Å². The number of benzene rings is 1. The molecule has 0 radical (unpaired) electrons. The molecule has 2 atom stereocenters. The first kappa shape index (κ1) is 15.5. The molecule has 0 fully saturated rings. The van der Waals surface area contributed by atoms with E-state index in [0.717, 1.165) is 10.0 Å². The van der Waals surface area contributed by atoms with Gasteiger partial charge in [-0.05, 0) is 36.8 Å². The molecule has 0 aliphatic rings. The summed E-state index contributed by atoms with van der Waals surface area (Å²) >= 11 is 3.34. The average molecular weight is 350 g/mol. The molecule has 1 heterocycles. The van der Waals surface area contributed by atoms with Crippen LogP contribution in [-0.4, -0.2) is 22.2 Å². The SMILES string of the molecule is C[C@H](NC(=O)Nc1ccncc1)[C@H](O)c1ccc(Br)cc1. The van der Waals surface area contributed by atoms with Crippen LogP contribution in [0.4, 0.5) is 10.5 Å². The summed E-state index contributed by atoms with van der Waals surface area (Å²) in [6, 6.07) is 9.91. The maximum absolute atomic E-state index is 11.9. The number of aliphatic hydroxyl groups excluding tert-OH is 1. The Balaban J connectivity index is 1.92. The minimum atomic E-state index is -0.777. The Hall–Kier alpha value is -1.92. The van der Waals surface area contributed by atoms with Crippen molar-refractivity contribution in [2.24, 2.45) is 0 Å². The van der Waals surface area contributed by atoms with E-state index in [0.29, 0.717) is 5.69 Å². The van der Waals surface area contributed by atoms with E-state index in [1.807, 2.05) is 24.3 Å². The topological polar surface area (TPSA) is 74.2 Å². The lowest BCUT2D eigenvalue weighted by atomic mass is 10.0. The predicted molar refractivity (Wildman–Crippen MR) is 85.0 cm³/mol. The molecule has 1 aromatic carbocycles. The summed E-state index contributed by atoms with van der Waals surface area (Å²) in [5.74, 6) is 0. The van der Waals surface area contributed by atoms with Crippen molar-refractivity contribution < 1.29 is 9.90 Å². The molecule has 5 nitrogen and oxygen atoms in total. The number of aliphatic hydroxyl groups is 1. The van der Waals surface area contributed by atoms with Crippen LogP contribution in [0.3, 0.4) is 0 Å². The van der Waals surface area contributed by atoms with Crippen LogP contribution in [0.25, 0.3) is 0 Å². The third kappa shape index (κ3) is 4.54. The molecule has 0 aliphatic heterocycles. The highest BCUT2D eigenvalue weighted by Gasteiger charge is 2.18. The summed E-state index contributed by atoms with van der Waals surface area (Å²) in [5, 5.41) is 15.6. The minimum absolute atomic E-state index is 0.370. The normalized spacial score (nSPS) is 13.3. The first-order chi connectivity index (χ1) is 10.1. The van der Waals surface area contributed by atoms with Crippen LogP contribution in [0.15, 0.2) is 53.3 Å². The second-order valence-electron chi connectivity index (χ2n) is 4.62. The Bertz CT molecular complexity index is 590. The van der Waals surface area contributed by atoms with Crippen molar-refractivity contribution in [2.45, 2.75) is 19.1 Å². The second kappa shape index (κ2) is 7.19. The van der Waals surface area contributed by atoms with E-state index in [-0.39, 0.29) is 6.03 Å². The van der Waals surface area contributed by atoms with Crippen LogP contribution < -0.4 is 10.6 Å². The second-order valence-corrected chi connectivity index (χ2v) is 5.54. The van der Waals surface area contributed by atoms with E-state index in [1.54, 1.807) is 31.5 Å². The molecule has 2 aromatic rings. The van der Waals surface area contributed by atoms with Gasteiger partial charge in [0.15, 0.2) is 0 Å². The molecule has 3 N–H and O–H groups in total. The van der Waals surface area contributed by atoms with E-state index in [1.165, 1.54) is 0 Å². The van der Waals surface area contributed by atoms with Gasteiger partial charge < -0.3 is 15.7 Å². The number of pyridine rings is 1. The summed E-state index contributed by atoms with van der Waals surface area (Å²) in [4.78, 5) is 15.7. The number of hydrogen-bond acceptors (Lipinski definition) is 3. The number of carbonyl (C=O) groups excluding carboxylic acids is 1. The molecule has 0 saturated carbocycles. The number of nitrogens with one attached hydrogen (secondary N) is 2. The number of anilines is 1. The molecular formula is C15H16BrN3O2. The monoisotopic (exact) mass is 349 g/mol. The fourth-order valence-corrected chi connectivity index (χ4v) is 2.10. The first-order valence-electron chi connectivity index (χ1n) is 6.47. The van der Waals surface area contributed by atoms with Crippen LogP contribution in [-0.2, 0) is 0 Å². The highest BCUT2D eigenvalue weighted by molar-refractivity contribution is 9.10. The van der Waals surface area contributed by atoms with E-state index >= 15 is 0 Å². The molecule has 2 amide bonds. The molecule has 0 unspecified atom stereocenters. The van der Waals surface area contributed by atoms with Crippen molar-refractivity contribution in [3.8, 4) is 0 Å². The van der Waals surface area contributed by atoms with E-state index < -0.39 is 12.1 Å². The molecule has 21 heavy (non-hydrogen) atoms. The van der Waals surface area contributed by atoms with Crippen LogP contribution in [0.1, 0.15) is 18.6 Å². The van der Waals surface area contributed by atoms with E-state index in [4.69, 9.17) is 0 Å². The van der Waals surface area contributed by atoms with Crippen molar-refractivity contribution in [3.05, 3.63) is 58.8 Å². The van der Waals surface area contributed by atoms with Gasteiger partial charge in [0.05, 0.1) is 12.1 Å². The molecule has 0 bridgehead atoms. The first-order valence-corrected chi connectivity index (χ1v) is 7.26. The van der Waals surface area contributed by atoms with Crippen LogP contribution in [0.2, 0.25) is 0 Å². The van der Waals surface area contributed by atoms with Gasteiger partial charge in [-0.25, -0.2) is 4.79 Å². The summed E-state index contributed by atoms with van der Waals surface area (Å²) in [6.07, 6.45) is 2.41. The molecule has 0 saturated heterocycles. The Morgan fingerprint density at radius 1 is 1.19 bits per heavy atom. The van der Waals surface area contributed by atoms with Gasteiger partial charge in [-0.1, -0.05) is 28.1 Å². The lowest BCUT2D eigenvalue weighted by Gasteiger charge is -2.21. The lowest BCUT2D eigenvalue weighted by Crippen LogP contribution is -2.39. The summed E-state index contributed by atoms with van der Waals surface area (Å²) in [7, 11) is 0. The van der Waals surface area contributed by atoms with Gasteiger partial charge in [-0.15, -0.1) is 0 Å². The van der Waals surface area contributed by atoms with Gasteiger partial charge in [0, 0.05) is 22.6 Å². The molecule has 110 valence electrons. The van der Waals surface area contributed by atoms with E-state index in [2.05, 4.69) is 31.5 Å². The number of carbonyl (C=O) groups is 1. The quantitative estimate of drug-likeness (QED) is 0.793. The van der Waals surface area contributed by atoms with Gasteiger partial charge in [0.1, 0.15) is 0 Å². The van der Waals surface area contributed by atoms with Gasteiger partial charge in [0.2, 0.25) is 0 Å². The molecule has 0 spiro atoms. The number of nitrogens with zero attached hydrogens (tertiary/aromatic N) is 1. The largest absolute Gasteiger partial charge is 0.386 e. The van der Waals surface area contributed by atoms with Crippen LogP contribution in [0, 0.1) is 0 Å². The van der Waals surface area contributed by atoms with Gasteiger partial charge >= 0.3 is 6.03 Å². The van der Waals surface area contributed by atoms with Crippen LogP contribution >= 0.6 is 15.9 Å². The Morgan fingerprint density at radius 3 is 2.43 bits per heavy atom. The highest BCUT2D eigenvalue weighted by atomic mass is 79.9. The fraction of sp³-hybridized carbons (Fsp3) is 0.200. The smallest absolute Gasteiger partial charge is 0.319 e. The molecule has 1 aromatic heterocycles. The van der Waals surface area contributed by atoms with Gasteiger partial charge in [-0.2, -0.15) is 0 Å². The maximum atomic E-state index is 11.9. The Labute approximate surface area is 131 Å². The van der Waals surface area contributed by atoms with E-state index in [9.17, 15) is 9.90 Å². The van der Waals surface area contributed by atoms with Gasteiger partial charge in [-0.3, -0.25) is 4.98 Å². The number of halogens is 1. The number of hydrogen-bond donors (Lipinski definition) is 3. The third-order valence-corrected chi connectivity index (χ3v) is 3.51. The highest BCUT2D eigenvalue weighted by Crippen LogP contribution is 2.19. The minimum Gasteiger partial charge on any atom is -0.386 e. The number of urea groups is 1. The fourth-order valence-electron chi connectivity index (χ4n) is 1.84. The molecular weight excluding hydrogens is 334 g/mol. The standard InChI is InChI=1S/C15H16BrN3O2/c1-10(14(20)11-2-4-12(16)5-3-11)18-15(21)19-13-6-8-17-9-7-13/h2-10,14,20H,1H3,(H2,17,18,19,21)/t10-,14-/m0/s1. The summed E-state index contributed by atoms with van der Waals surface area (Å²) in [6.45, 7) is 1.75. The van der Waals surface area contributed by atoms with Crippen molar-refractivity contribution in [2.75, 3.05) is 5.32 Å². The number of amides is 2. The van der Waals surface area contributed by atoms with Gasteiger partial charge in [0.25, 0.3) is 0 Å². The summed E-state index contributed by atoms with van der Waals surface area (Å²) < 4.78 is 0.939. The Kier molecular flexibility index (Phi) is 5.30. The zero-order valence-electron chi connectivity index (χ0n) is 11.5. The predicted octanol–water partition coefficient (Wildman–Crippen LogP) is 3.09. The average Bonchev–Trinajstić information content (AvgIpc) is 2.48. The van der Waals surface area contributed by atoms with Crippen molar-refractivity contribution >= 4 is 27.6 Å². The zero-order valence-corrected chi connectivity index (χ0v) is 13.0.